The predicted molar refractivity (Wildman–Crippen MR) is 116 cm³/mol. The SMILES string of the molecule is CC(C)CC(=O)C1=C(O)C(=O)N(c2ccc(C(=O)OC(C)C)cc2)C1c1ccccn1. The zero-order valence-electron chi connectivity index (χ0n) is 18.0. The van der Waals surface area contributed by atoms with Crippen LogP contribution in [-0.4, -0.2) is 33.9 Å². The highest BCUT2D eigenvalue weighted by Gasteiger charge is 2.44. The number of pyridine rings is 1. The Bertz CT molecular complexity index is 1010. The second-order valence-electron chi connectivity index (χ2n) is 8.12. The first kappa shape index (κ1) is 22.2. The van der Waals surface area contributed by atoms with E-state index in [1.54, 1.807) is 62.5 Å². The van der Waals surface area contributed by atoms with Gasteiger partial charge in [-0.05, 0) is 56.2 Å². The molecule has 2 heterocycles. The molecule has 0 fully saturated rings. The normalized spacial score (nSPS) is 16.4. The van der Waals surface area contributed by atoms with Crippen LogP contribution in [0.5, 0.6) is 0 Å². The van der Waals surface area contributed by atoms with E-state index >= 15 is 0 Å². The summed E-state index contributed by atoms with van der Waals surface area (Å²) in [5.74, 6) is -1.95. The minimum Gasteiger partial charge on any atom is -0.503 e. The number of nitrogens with zero attached hydrogens (tertiary/aromatic N) is 2. The lowest BCUT2D eigenvalue weighted by Crippen LogP contribution is -2.31. The Morgan fingerprint density at radius 2 is 1.77 bits per heavy atom. The molecule has 1 unspecified atom stereocenters. The largest absolute Gasteiger partial charge is 0.503 e. The van der Waals surface area contributed by atoms with Gasteiger partial charge in [-0.1, -0.05) is 19.9 Å². The van der Waals surface area contributed by atoms with E-state index in [1.165, 1.54) is 4.90 Å². The standard InChI is InChI=1S/C24H26N2O5/c1-14(2)13-19(27)20-21(18-7-5-6-12-25-18)26(23(29)22(20)28)17-10-8-16(9-11-17)24(30)31-15(3)4/h5-12,14-15,21,28H,13H2,1-4H3. The number of rotatable bonds is 7. The number of amides is 1. The fourth-order valence-corrected chi connectivity index (χ4v) is 3.49. The van der Waals surface area contributed by atoms with Crippen molar-refractivity contribution in [3.05, 3.63) is 71.3 Å². The van der Waals surface area contributed by atoms with Crippen LogP contribution in [0.3, 0.4) is 0 Å². The number of hydrogen-bond acceptors (Lipinski definition) is 6. The van der Waals surface area contributed by atoms with Crippen molar-refractivity contribution in [3.63, 3.8) is 0 Å². The van der Waals surface area contributed by atoms with Gasteiger partial charge >= 0.3 is 5.97 Å². The van der Waals surface area contributed by atoms with Gasteiger partial charge in [0.05, 0.1) is 22.9 Å². The predicted octanol–water partition coefficient (Wildman–Crippen LogP) is 4.16. The molecule has 0 spiro atoms. The lowest BCUT2D eigenvalue weighted by Gasteiger charge is -2.26. The van der Waals surface area contributed by atoms with Gasteiger partial charge in [0.25, 0.3) is 5.91 Å². The number of esters is 1. The van der Waals surface area contributed by atoms with Crippen molar-refractivity contribution in [2.45, 2.75) is 46.3 Å². The molecule has 3 rings (SSSR count). The van der Waals surface area contributed by atoms with Gasteiger partial charge in [-0.15, -0.1) is 0 Å². The number of ketones is 1. The number of aliphatic hydroxyl groups is 1. The molecule has 7 heteroatoms. The first-order valence-electron chi connectivity index (χ1n) is 10.2. The van der Waals surface area contributed by atoms with Gasteiger partial charge in [-0.2, -0.15) is 0 Å². The van der Waals surface area contributed by atoms with Gasteiger partial charge in [0.2, 0.25) is 0 Å². The fourth-order valence-electron chi connectivity index (χ4n) is 3.49. The molecule has 1 aromatic carbocycles. The first-order chi connectivity index (χ1) is 14.7. The maximum atomic E-state index is 13.0. The molecule has 1 N–H and O–H groups in total. The summed E-state index contributed by atoms with van der Waals surface area (Å²) in [7, 11) is 0. The quantitative estimate of drug-likeness (QED) is 0.673. The third kappa shape index (κ3) is 4.66. The summed E-state index contributed by atoms with van der Waals surface area (Å²) >= 11 is 0. The minimum absolute atomic E-state index is 0.0423. The molecule has 1 atom stereocenters. The Hall–Kier alpha value is -3.48. The molecule has 7 nitrogen and oxygen atoms in total. The maximum absolute atomic E-state index is 13.0. The van der Waals surface area contributed by atoms with E-state index in [4.69, 9.17) is 4.74 Å². The molecule has 162 valence electrons. The minimum atomic E-state index is -0.853. The highest BCUT2D eigenvalue weighted by Crippen LogP contribution is 2.41. The van der Waals surface area contributed by atoms with Gasteiger partial charge < -0.3 is 9.84 Å². The lowest BCUT2D eigenvalue weighted by molar-refractivity contribution is -0.118. The third-order valence-electron chi connectivity index (χ3n) is 4.79. The second-order valence-corrected chi connectivity index (χ2v) is 8.12. The average molecular weight is 422 g/mol. The second kappa shape index (κ2) is 9.12. The zero-order chi connectivity index (χ0) is 22.7. The summed E-state index contributed by atoms with van der Waals surface area (Å²) < 4.78 is 5.19. The number of Topliss-reactive ketones (excluding diaryl/α,β-unsaturated/α-hetero) is 1. The molecule has 0 radical (unpaired) electrons. The summed E-state index contributed by atoms with van der Waals surface area (Å²) in [6.07, 6.45) is 1.52. The van der Waals surface area contributed by atoms with Crippen LogP contribution in [0.2, 0.25) is 0 Å². The fraction of sp³-hybridized carbons (Fsp3) is 0.333. The molecular weight excluding hydrogens is 396 g/mol. The van der Waals surface area contributed by atoms with E-state index in [-0.39, 0.29) is 29.8 Å². The maximum Gasteiger partial charge on any atom is 0.338 e. The zero-order valence-corrected chi connectivity index (χ0v) is 18.0. The van der Waals surface area contributed by atoms with Crippen molar-refractivity contribution < 1.29 is 24.2 Å². The number of benzene rings is 1. The average Bonchev–Trinajstić information content (AvgIpc) is 2.99. The smallest absolute Gasteiger partial charge is 0.338 e. The number of aliphatic hydroxyl groups excluding tert-OH is 1. The molecule has 0 aliphatic carbocycles. The summed E-state index contributed by atoms with van der Waals surface area (Å²) in [5, 5.41) is 10.6. The van der Waals surface area contributed by atoms with E-state index in [9.17, 15) is 19.5 Å². The molecule has 2 aromatic rings. The Morgan fingerprint density at radius 3 is 2.32 bits per heavy atom. The van der Waals surface area contributed by atoms with Gasteiger partial charge in [0.1, 0.15) is 6.04 Å². The third-order valence-corrected chi connectivity index (χ3v) is 4.79. The lowest BCUT2D eigenvalue weighted by atomic mass is 9.94. The monoisotopic (exact) mass is 422 g/mol. The topological polar surface area (TPSA) is 96.8 Å². The van der Waals surface area contributed by atoms with Crippen LogP contribution in [0.25, 0.3) is 0 Å². The van der Waals surface area contributed by atoms with Crippen molar-refractivity contribution >= 4 is 23.3 Å². The van der Waals surface area contributed by atoms with Crippen molar-refractivity contribution in [1.29, 1.82) is 0 Å². The molecule has 31 heavy (non-hydrogen) atoms. The molecule has 0 saturated carbocycles. The van der Waals surface area contributed by atoms with Crippen LogP contribution in [0.1, 0.15) is 56.2 Å². The van der Waals surface area contributed by atoms with Gasteiger partial charge in [0, 0.05) is 18.3 Å². The Labute approximate surface area is 181 Å². The molecule has 1 aliphatic rings. The van der Waals surface area contributed by atoms with Crippen molar-refractivity contribution in [2.24, 2.45) is 5.92 Å². The van der Waals surface area contributed by atoms with E-state index in [0.29, 0.717) is 16.9 Å². The summed E-state index contributed by atoms with van der Waals surface area (Å²) in [4.78, 5) is 43.7. The molecule has 1 aromatic heterocycles. The Kier molecular flexibility index (Phi) is 6.53. The number of anilines is 1. The van der Waals surface area contributed by atoms with Gasteiger partial charge in [0.15, 0.2) is 11.5 Å². The molecule has 0 saturated heterocycles. The van der Waals surface area contributed by atoms with E-state index in [0.717, 1.165) is 0 Å². The first-order valence-corrected chi connectivity index (χ1v) is 10.2. The van der Waals surface area contributed by atoms with Crippen molar-refractivity contribution in [2.75, 3.05) is 4.90 Å². The van der Waals surface area contributed by atoms with E-state index in [1.807, 2.05) is 13.8 Å². The number of carbonyl (C=O) groups is 3. The van der Waals surface area contributed by atoms with Gasteiger partial charge in [-0.3, -0.25) is 19.5 Å². The van der Waals surface area contributed by atoms with Gasteiger partial charge in [-0.25, -0.2) is 4.79 Å². The molecule has 0 bridgehead atoms. The molecular formula is C24H26N2O5. The van der Waals surface area contributed by atoms with Crippen LogP contribution in [0.15, 0.2) is 60.0 Å². The summed E-state index contributed by atoms with van der Waals surface area (Å²) in [5.41, 5.74) is 1.28. The van der Waals surface area contributed by atoms with Crippen LogP contribution < -0.4 is 4.90 Å². The van der Waals surface area contributed by atoms with Crippen molar-refractivity contribution in [1.82, 2.24) is 4.98 Å². The van der Waals surface area contributed by atoms with Crippen LogP contribution >= 0.6 is 0 Å². The Balaban J connectivity index is 2.02. The summed E-state index contributed by atoms with van der Waals surface area (Å²) in [6, 6.07) is 10.6. The van der Waals surface area contributed by atoms with Crippen LogP contribution in [0.4, 0.5) is 5.69 Å². The van der Waals surface area contributed by atoms with E-state index < -0.39 is 23.7 Å². The van der Waals surface area contributed by atoms with Crippen molar-refractivity contribution in [3.8, 4) is 0 Å². The molecule has 1 aliphatic heterocycles. The number of aromatic nitrogens is 1. The number of ether oxygens (including phenoxy) is 1. The van der Waals surface area contributed by atoms with Crippen LogP contribution in [-0.2, 0) is 14.3 Å². The highest BCUT2D eigenvalue weighted by atomic mass is 16.5. The number of hydrogen-bond donors (Lipinski definition) is 1. The van der Waals surface area contributed by atoms with E-state index in [2.05, 4.69) is 4.98 Å². The van der Waals surface area contributed by atoms with Crippen LogP contribution in [0, 0.1) is 5.92 Å². The Morgan fingerprint density at radius 1 is 1.10 bits per heavy atom. The molecule has 1 amide bonds. The highest BCUT2D eigenvalue weighted by molar-refractivity contribution is 6.16. The number of carbonyl (C=O) groups excluding carboxylic acids is 3. The summed E-state index contributed by atoms with van der Waals surface area (Å²) in [6.45, 7) is 7.32.